The summed E-state index contributed by atoms with van der Waals surface area (Å²) >= 11 is 0. The van der Waals surface area contributed by atoms with E-state index in [-0.39, 0.29) is 12.1 Å². The van der Waals surface area contributed by atoms with Gasteiger partial charge in [0, 0.05) is 25.0 Å². The van der Waals surface area contributed by atoms with Crippen molar-refractivity contribution < 1.29 is 0 Å². The van der Waals surface area contributed by atoms with Crippen molar-refractivity contribution in [2.75, 3.05) is 13.1 Å². The molecule has 0 saturated carbocycles. The van der Waals surface area contributed by atoms with E-state index in [0.717, 1.165) is 37.3 Å². The molecule has 2 N–H and O–H groups in total. The highest BCUT2D eigenvalue weighted by atomic mass is 15.2. The highest BCUT2D eigenvalue weighted by Crippen LogP contribution is 2.30. The number of nitrogens with two attached hydrogens (primary N) is 1. The monoisotopic (exact) mass is 244 g/mol. The quantitative estimate of drug-likeness (QED) is 0.896. The Labute approximate surface area is 107 Å². The third kappa shape index (κ3) is 1.91. The van der Waals surface area contributed by atoms with Crippen LogP contribution in [0.25, 0.3) is 5.65 Å². The fourth-order valence-electron chi connectivity index (χ4n) is 2.92. The van der Waals surface area contributed by atoms with Crippen LogP contribution in [0, 0.1) is 0 Å². The van der Waals surface area contributed by atoms with Crippen molar-refractivity contribution in [3.05, 3.63) is 36.3 Å². The van der Waals surface area contributed by atoms with Crippen LogP contribution in [0.1, 0.15) is 31.5 Å². The average molecular weight is 244 g/mol. The van der Waals surface area contributed by atoms with Crippen molar-refractivity contribution >= 4 is 5.65 Å². The van der Waals surface area contributed by atoms with Gasteiger partial charge in [0.25, 0.3) is 0 Å². The van der Waals surface area contributed by atoms with E-state index in [9.17, 15) is 0 Å². The zero-order valence-electron chi connectivity index (χ0n) is 10.8. The average Bonchev–Trinajstić information content (AvgIpc) is 2.93. The number of hydrogen-bond acceptors (Lipinski definition) is 3. The Morgan fingerprint density at radius 1 is 1.44 bits per heavy atom. The van der Waals surface area contributed by atoms with Gasteiger partial charge in [0.05, 0.1) is 11.7 Å². The molecule has 3 heterocycles. The van der Waals surface area contributed by atoms with Gasteiger partial charge in [0.15, 0.2) is 0 Å². The molecule has 3 rings (SSSR count). The minimum atomic E-state index is 0.210. The lowest BCUT2D eigenvalue weighted by Crippen LogP contribution is -2.32. The van der Waals surface area contributed by atoms with Gasteiger partial charge >= 0.3 is 0 Å². The molecule has 0 radical (unpaired) electrons. The van der Waals surface area contributed by atoms with Crippen LogP contribution in [-0.4, -0.2) is 33.4 Å². The first kappa shape index (κ1) is 11.7. The number of pyridine rings is 1. The minimum absolute atomic E-state index is 0.210. The lowest BCUT2D eigenvalue weighted by molar-refractivity contribution is 0.244. The molecular weight excluding hydrogens is 224 g/mol. The highest BCUT2D eigenvalue weighted by molar-refractivity contribution is 5.40. The van der Waals surface area contributed by atoms with E-state index in [2.05, 4.69) is 22.4 Å². The summed E-state index contributed by atoms with van der Waals surface area (Å²) in [4.78, 5) is 7.18. The molecule has 18 heavy (non-hydrogen) atoms. The van der Waals surface area contributed by atoms with Crippen molar-refractivity contribution in [1.82, 2.24) is 14.3 Å². The topological polar surface area (TPSA) is 46.6 Å². The highest BCUT2D eigenvalue weighted by Gasteiger charge is 2.33. The lowest BCUT2D eigenvalue weighted by Gasteiger charge is -2.24. The number of fused-ring (bicyclic) bond motifs is 1. The summed E-state index contributed by atoms with van der Waals surface area (Å²) in [5.41, 5.74) is 8.38. The van der Waals surface area contributed by atoms with Crippen LogP contribution in [0.15, 0.2) is 30.6 Å². The molecule has 1 aliphatic rings. The third-order valence-corrected chi connectivity index (χ3v) is 3.75. The Morgan fingerprint density at radius 2 is 2.33 bits per heavy atom. The van der Waals surface area contributed by atoms with E-state index in [1.165, 1.54) is 0 Å². The zero-order chi connectivity index (χ0) is 12.5. The number of likely N-dealkylation sites (tertiary alicyclic amines) is 1. The Kier molecular flexibility index (Phi) is 3.06. The van der Waals surface area contributed by atoms with Gasteiger partial charge in [-0.05, 0) is 31.5 Å². The fraction of sp³-hybridized carbons (Fsp3) is 0.500. The summed E-state index contributed by atoms with van der Waals surface area (Å²) < 4.78 is 2.07. The van der Waals surface area contributed by atoms with Gasteiger partial charge in [-0.15, -0.1) is 0 Å². The predicted molar refractivity (Wildman–Crippen MR) is 72.4 cm³/mol. The molecule has 2 unspecified atom stereocenters. The molecule has 96 valence electrons. The first-order valence-electron chi connectivity index (χ1n) is 6.73. The van der Waals surface area contributed by atoms with Gasteiger partial charge in [-0.3, -0.25) is 4.90 Å². The van der Waals surface area contributed by atoms with Gasteiger partial charge in [-0.2, -0.15) is 0 Å². The maximum absolute atomic E-state index is 6.26. The van der Waals surface area contributed by atoms with Crippen molar-refractivity contribution in [2.24, 2.45) is 5.73 Å². The van der Waals surface area contributed by atoms with Crippen LogP contribution in [0.2, 0.25) is 0 Å². The summed E-state index contributed by atoms with van der Waals surface area (Å²) in [6, 6.07) is 6.57. The standard InChI is InChI=1S/C14H20N4/c1-2-7-17-9-6-11(15)14(17)12-10-18-8-4-3-5-13(18)16-12/h3-5,8,10-11,14H,2,6-7,9,15H2,1H3. The molecular formula is C14H20N4. The van der Waals surface area contributed by atoms with E-state index < -0.39 is 0 Å². The van der Waals surface area contributed by atoms with Crippen molar-refractivity contribution in [3.63, 3.8) is 0 Å². The van der Waals surface area contributed by atoms with Crippen LogP contribution in [0.5, 0.6) is 0 Å². The van der Waals surface area contributed by atoms with Crippen LogP contribution in [-0.2, 0) is 0 Å². The SMILES string of the molecule is CCCN1CCC(N)C1c1cn2ccccc2n1. The molecule has 2 aromatic rings. The van der Waals surface area contributed by atoms with E-state index in [4.69, 9.17) is 10.7 Å². The molecule has 0 amide bonds. The minimum Gasteiger partial charge on any atom is -0.326 e. The summed E-state index contributed by atoms with van der Waals surface area (Å²) in [6.45, 7) is 4.41. The fourth-order valence-corrected chi connectivity index (χ4v) is 2.92. The molecule has 0 spiro atoms. The molecule has 1 aliphatic heterocycles. The maximum atomic E-state index is 6.26. The summed E-state index contributed by atoms with van der Waals surface area (Å²) in [5, 5.41) is 0. The summed E-state index contributed by atoms with van der Waals surface area (Å²) in [7, 11) is 0. The van der Waals surface area contributed by atoms with E-state index >= 15 is 0 Å². The Balaban J connectivity index is 1.96. The predicted octanol–water partition coefficient (Wildman–Crippen LogP) is 1.82. The van der Waals surface area contributed by atoms with Gasteiger partial charge < -0.3 is 10.1 Å². The molecule has 0 aromatic carbocycles. The number of aromatic nitrogens is 2. The molecule has 4 nitrogen and oxygen atoms in total. The second kappa shape index (κ2) is 4.71. The normalized spacial score (nSPS) is 25.0. The molecule has 2 atom stereocenters. The van der Waals surface area contributed by atoms with E-state index in [0.29, 0.717) is 0 Å². The van der Waals surface area contributed by atoms with Crippen LogP contribution in [0.4, 0.5) is 0 Å². The Hall–Kier alpha value is -1.39. The number of rotatable bonds is 3. The van der Waals surface area contributed by atoms with Crippen molar-refractivity contribution in [3.8, 4) is 0 Å². The first-order chi connectivity index (χ1) is 8.79. The number of nitrogens with zero attached hydrogens (tertiary/aromatic N) is 3. The molecule has 2 aromatic heterocycles. The molecule has 0 bridgehead atoms. The summed E-state index contributed by atoms with van der Waals surface area (Å²) in [5.74, 6) is 0. The lowest BCUT2D eigenvalue weighted by atomic mass is 10.1. The van der Waals surface area contributed by atoms with Crippen LogP contribution < -0.4 is 5.73 Å². The third-order valence-electron chi connectivity index (χ3n) is 3.75. The number of hydrogen-bond donors (Lipinski definition) is 1. The second-order valence-corrected chi connectivity index (χ2v) is 5.07. The second-order valence-electron chi connectivity index (χ2n) is 5.07. The molecule has 1 fully saturated rings. The Morgan fingerprint density at radius 3 is 3.11 bits per heavy atom. The largest absolute Gasteiger partial charge is 0.326 e. The molecule has 4 heteroatoms. The maximum Gasteiger partial charge on any atom is 0.137 e. The van der Waals surface area contributed by atoms with Crippen LogP contribution in [0.3, 0.4) is 0 Å². The molecule has 0 aliphatic carbocycles. The van der Waals surface area contributed by atoms with Gasteiger partial charge in [0.1, 0.15) is 5.65 Å². The zero-order valence-corrected chi connectivity index (χ0v) is 10.8. The first-order valence-corrected chi connectivity index (χ1v) is 6.73. The smallest absolute Gasteiger partial charge is 0.137 e. The number of imidazole rings is 1. The van der Waals surface area contributed by atoms with Crippen LogP contribution >= 0.6 is 0 Å². The van der Waals surface area contributed by atoms with Gasteiger partial charge in [0.2, 0.25) is 0 Å². The summed E-state index contributed by atoms with van der Waals surface area (Å²) in [6.07, 6.45) is 6.39. The van der Waals surface area contributed by atoms with Crippen molar-refractivity contribution in [1.29, 1.82) is 0 Å². The van der Waals surface area contributed by atoms with E-state index in [1.807, 2.05) is 24.4 Å². The van der Waals surface area contributed by atoms with Gasteiger partial charge in [-0.1, -0.05) is 13.0 Å². The Bertz CT molecular complexity index is 498. The molecule has 1 saturated heterocycles. The van der Waals surface area contributed by atoms with E-state index in [1.54, 1.807) is 0 Å². The van der Waals surface area contributed by atoms with Gasteiger partial charge in [-0.25, -0.2) is 4.98 Å². The van der Waals surface area contributed by atoms with Crippen molar-refractivity contribution in [2.45, 2.75) is 31.8 Å².